The lowest BCUT2D eigenvalue weighted by Crippen LogP contribution is -2.57. The van der Waals surface area contributed by atoms with Crippen LogP contribution in [0.4, 0.5) is 8.78 Å². The molecule has 3 N–H and O–H groups in total. The third-order valence-electron chi connectivity index (χ3n) is 6.74. The van der Waals surface area contributed by atoms with E-state index in [0.717, 1.165) is 43.0 Å². The first-order valence-electron chi connectivity index (χ1n) is 13.4. The van der Waals surface area contributed by atoms with Gasteiger partial charge in [-0.3, -0.25) is 14.4 Å². The summed E-state index contributed by atoms with van der Waals surface area (Å²) in [6.45, 7) is 4.51. The highest BCUT2D eigenvalue weighted by molar-refractivity contribution is 5.95. The Bertz CT molecular complexity index is 1130. The SMILES string of the molecule is CCCCN1CC(=O)N(CC(=O)NC(Cc2cc(F)cc(F)c2)C(O)CNCc2cccc(CC)c2)CC1=O. The number of aryl methyl sites for hydroxylation is 1. The fourth-order valence-electron chi connectivity index (χ4n) is 4.56. The lowest BCUT2D eigenvalue weighted by molar-refractivity contribution is -0.151. The Morgan fingerprint density at radius 3 is 2.33 bits per heavy atom. The summed E-state index contributed by atoms with van der Waals surface area (Å²) in [5.74, 6) is -2.65. The molecule has 2 unspecified atom stereocenters. The van der Waals surface area contributed by atoms with Crippen molar-refractivity contribution in [2.45, 2.75) is 58.2 Å². The molecule has 2 atom stereocenters. The topological polar surface area (TPSA) is 102 Å². The van der Waals surface area contributed by atoms with Crippen molar-refractivity contribution in [3.05, 3.63) is 70.8 Å². The Balaban J connectivity index is 1.63. The summed E-state index contributed by atoms with van der Waals surface area (Å²) in [5, 5.41) is 16.8. The van der Waals surface area contributed by atoms with Crippen molar-refractivity contribution in [2.24, 2.45) is 0 Å². The van der Waals surface area contributed by atoms with Crippen LogP contribution in [0.3, 0.4) is 0 Å². The molecule has 0 radical (unpaired) electrons. The van der Waals surface area contributed by atoms with E-state index in [0.29, 0.717) is 13.1 Å². The maximum Gasteiger partial charge on any atom is 0.243 e. The summed E-state index contributed by atoms with van der Waals surface area (Å²) in [7, 11) is 0. The lowest BCUT2D eigenvalue weighted by Gasteiger charge is -2.34. The molecular formula is C29H38F2N4O4. The summed E-state index contributed by atoms with van der Waals surface area (Å²) < 4.78 is 27.6. The minimum absolute atomic E-state index is 0.0355. The van der Waals surface area contributed by atoms with Gasteiger partial charge < -0.3 is 25.5 Å². The Hall–Kier alpha value is -3.37. The van der Waals surface area contributed by atoms with Crippen LogP contribution in [-0.4, -0.2) is 77.5 Å². The fraction of sp³-hybridized carbons (Fsp3) is 0.483. The van der Waals surface area contributed by atoms with Crippen LogP contribution in [0.2, 0.25) is 0 Å². The molecule has 212 valence electrons. The van der Waals surface area contributed by atoms with Gasteiger partial charge in [0.1, 0.15) is 24.7 Å². The Morgan fingerprint density at radius 2 is 1.64 bits per heavy atom. The third-order valence-corrected chi connectivity index (χ3v) is 6.74. The predicted molar refractivity (Wildman–Crippen MR) is 144 cm³/mol. The summed E-state index contributed by atoms with van der Waals surface area (Å²) in [6, 6.07) is 10.2. The third kappa shape index (κ3) is 9.40. The Kier molecular flexibility index (Phi) is 11.4. The fourth-order valence-corrected chi connectivity index (χ4v) is 4.56. The van der Waals surface area contributed by atoms with Gasteiger partial charge >= 0.3 is 0 Å². The second-order valence-corrected chi connectivity index (χ2v) is 9.95. The Morgan fingerprint density at radius 1 is 0.974 bits per heavy atom. The molecule has 0 aliphatic carbocycles. The molecule has 2 aromatic rings. The number of carbonyl (C=O) groups is 3. The van der Waals surface area contributed by atoms with Gasteiger partial charge in [0, 0.05) is 25.7 Å². The number of nitrogens with one attached hydrogen (secondary N) is 2. The molecule has 2 aromatic carbocycles. The van der Waals surface area contributed by atoms with Crippen LogP contribution in [0.1, 0.15) is 43.4 Å². The lowest BCUT2D eigenvalue weighted by atomic mass is 10.0. The van der Waals surface area contributed by atoms with Crippen molar-refractivity contribution in [1.29, 1.82) is 0 Å². The van der Waals surface area contributed by atoms with Gasteiger partial charge in [-0.2, -0.15) is 0 Å². The van der Waals surface area contributed by atoms with Crippen molar-refractivity contribution < 1.29 is 28.3 Å². The van der Waals surface area contributed by atoms with Crippen LogP contribution >= 0.6 is 0 Å². The highest BCUT2D eigenvalue weighted by Gasteiger charge is 2.31. The second kappa shape index (κ2) is 14.7. The molecule has 3 rings (SSSR count). The van der Waals surface area contributed by atoms with E-state index in [1.165, 1.54) is 15.4 Å². The number of benzene rings is 2. The van der Waals surface area contributed by atoms with Crippen LogP contribution in [0.5, 0.6) is 0 Å². The highest BCUT2D eigenvalue weighted by atomic mass is 19.1. The molecule has 8 nitrogen and oxygen atoms in total. The van der Waals surface area contributed by atoms with Gasteiger partial charge in [0.2, 0.25) is 17.7 Å². The van der Waals surface area contributed by atoms with Crippen molar-refractivity contribution in [3.63, 3.8) is 0 Å². The van der Waals surface area contributed by atoms with Gasteiger partial charge in [0.15, 0.2) is 0 Å². The Labute approximate surface area is 228 Å². The molecule has 3 amide bonds. The molecule has 1 aliphatic rings. The molecule has 0 aromatic heterocycles. The number of hydrogen-bond donors (Lipinski definition) is 3. The average molecular weight is 545 g/mol. The average Bonchev–Trinajstić information content (AvgIpc) is 2.89. The largest absolute Gasteiger partial charge is 0.390 e. The number of amides is 3. The van der Waals surface area contributed by atoms with Crippen molar-refractivity contribution >= 4 is 17.7 Å². The number of carbonyl (C=O) groups excluding carboxylic acids is 3. The number of piperazine rings is 1. The van der Waals surface area contributed by atoms with E-state index >= 15 is 0 Å². The number of hydrogen-bond acceptors (Lipinski definition) is 5. The van der Waals surface area contributed by atoms with Crippen molar-refractivity contribution in [1.82, 2.24) is 20.4 Å². The van der Waals surface area contributed by atoms with E-state index in [4.69, 9.17) is 0 Å². The van der Waals surface area contributed by atoms with E-state index in [9.17, 15) is 28.3 Å². The van der Waals surface area contributed by atoms with Crippen LogP contribution in [0.25, 0.3) is 0 Å². The minimum Gasteiger partial charge on any atom is -0.390 e. The van der Waals surface area contributed by atoms with Crippen LogP contribution in [-0.2, 0) is 33.8 Å². The van der Waals surface area contributed by atoms with E-state index in [2.05, 4.69) is 23.6 Å². The van der Waals surface area contributed by atoms with Gasteiger partial charge in [-0.05, 0) is 48.1 Å². The highest BCUT2D eigenvalue weighted by Crippen LogP contribution is 2.13. The molecular weight excluding hydrogens is 506 g/mol. The predicted octanol–water partition coefficient (Wildman–Crippen LogP) is 2.18. The first kappa shape index (κ1) is 30.2. The molecule has 1 saturated heterocycles. The van der Waals surface area contributed by atoms with E-state index in [1.807, 2.05) is 25.1 Å². The quantitative estimate of drug-likeness (QED) is 0.339. The number of halogens is 2. The molecule has 0 saturated carbocycles. The van der Waals surface area contributed by atoms with Crippen LogP contribution in [0.15, 0.2) is 42.5 Å². The normalized spacial score (nSPS) is 15.4. The van der Waals surface area contributed by atoms with Crippen LogP contribution in [0, 0.1) is 11.6 Å². The first-order chi connectivity index (χ1) is 18.7. The molecule has 0 bridgehead atoms. The van der Waals surface area contributed by atoms with Crippen molar-refractivity contribution in [3.8, 4) is 0 Å². The van der Waals surface area contributed by atoms with E-state index in [-0.39, 0.29) is 50.0 Å². The maximum atomic E-state index is 13.8. The second-order valence-electron chi connectivity index (χ2n) is 9.95. The van der Waals surface area contributed by atoms with Gasteiger partial charge in [0.05, 0.1) is 18.7 Å². The zero-order valence-corrected chi connectivity index (χ0v) is 22.6. The molecule has 39 heavy (non-hydrogen) atoms. The number of nitrogens with zero attached hydrogens (tertiary/aromatic N) is 2. The van der Waals surface area contributed by atoms with Gasteiger partial charge in [-0.1, -0.05) is 44.5 Å². The number of unbranched alkanes of at least 4 members (excludes halogenated alkanes) is 1. The standard InChI is InChI=1S/C29H38F2N4O4/c1-3-5-9-34-18-29(39)35(19-28(34)38)17-27(37)33-25(13-22-11-23(30)14-24(31)12-22)26(36)16-32-15-21-8-6-7-20(4-2)10-21/h6-8,10-12,14,25-26,32,36H,3-5,9,13,15-19H2,1-2H3,(H,33,37). The maximum absolute atomic E-state index is 13.8. The van der Waals surface area contributed by atoms with Crippen LogP contribution < -0.4 is 10.6 Å². The molecule has 0 spiro atoms. The zero-order chi connectivity index (χ0) is 28.4. The zero-order valence-electron chi connectivity index (χ0n) is 22.6. The molecule has 10 heteroatoms. The number of rotatable bonds is 14. The van der Waals surface area contributed by atoms with E-state index in [1.54, 1.807) is 0 Å². The summed E-state index contributed by atoms with van der Waals surface area (Å²) in [5.41, 5.74) is 2.49. The first-order valence-corrected chi connectivity index (χ1v) is 13.4. The smallest absolute Gasteiger partial charge is 0.243 e. The van der Waals surface area contributed by atoms with Gasteiger partial charge in [-0.25, -0.2) is 8.78 Å². The number of aliphatic hydroxyl groups excluding tert-OH is 1. The molecule has 1 aliphatic heterocycles. The molecule has 1 fully saturated rings. The molecule has 1 heterocycles. The summed E-state index contributed by atoms with van der Waals surface area (Å²) in [4.78, 5) is 40.6. The van der Waals surface area contributed by atoms with Gasteiger partial charge in [0.25, 0.3) is 0 Å². The minimum atomic E-state index is -1.10. The van der Waals surface area contributed by atoms with Gasteiger partial charge in [-0.15, -0.1) is 0 Å². The van der Waals surface area contributed by atoms with Crippen molar-refractivity contribution in [2.75, 3.05) is 32.7 Å². The summed E-state index contributed by atoms with van der Waals surface area (Å²) >= 11 is 0. The van der Waals surface area contributed by atoms with E-state index < -0.39 is 29.7 Å². The summed E-state index contributed by atoms with van der Waals surface area (Å²) in [6.07, 6.45) is 1.45. The number of aliphatic hydroxyl groups is 1. The monoisotopic (exact) mass is 544 g/mol.